The highest BCUT2D eigenvalue weighted by Crippen LogP contribution is 2.42. The number of ether oxygens (including phenoxy) is 3. The lowest BCUT2D eigenvalue weighted by Crippen LogP contribution is -2.17. The van der Waals surface area contributed by atoms with E-state index in [1.54, 1.807) is 37.3 Å². The van der Waals surface area contributed by atoms with Crippen LogP contribution in [0.15, 0.2) is 48.5 Å². The van der Waals surface area contributed by atoms with Gasteiger partial charge in [0.05, 0.1) is 0 Å². The molecule has 0 spiro atoms. The van der Waals surface area contributed by atoms with E-state index >= 15 is 0 Å². The van der Waals surface area contributed by atoms with Gasteiger partial charge < -0.3 is 24.4 Å². The summed E-state index contributed by atoms with van der Waals surface area (Å²) in [6.45, 7) is 0.905. The molecule has 0 atom stereocenters. The molecule has 0 aliphatic heterocycles. The molecule has 174 valence electrons. The number of aliphatic carboxylic acids is 1. The normalized spacial score (nSPS) is 11.2. The van der Waals surface area contributed by atoms with Gasteiger partial charge in [-0.25, -0.2) is 9.59 Å². The minimum atomic E-state index is -4.80. The summed E-state index contributed by atoms with van der Waals surface area (Å²) < 4.78 is 52.0. The van der Waals surface area contributed by atoms with Gasteiger partial charge in [0.15, 0.2) is 11.5 Å². The Hall–Kier alpha value is -3.73. The number of rotatable bonds is 9. The van der Waals surface area contributed by atoms with Crippen LogP contribution in [-0.2, 0) is 11.4 Å². The second-order valence-electron chi connectivity index (χ2n) is 6.71. The second-order valence-corrected chi connectivity index (χ2v) is 7.73. The summed E-state index contributed by atoms with van der Waals surface area (Å²) in [5.74, 6) is -2.46. The number of hydrogen-bond acceptors (Lipinski definition) is 6. The van der Waals surface area contributed by atoms with E-state index in [-0.39, 0.29) is 23.0 Å². The third-order valence-corrected chi connectivity index (χ3v) is 5.57. The first-order chi connectivity index (χ1) is 15.5. The Bertz CT molecular complexity index is 1170. The third kappa shape index (κ3) is 6.39. The fourth-order valence-electron chi connectivity index (χ4n) is 2.95. The molecule has 0 saturated carbocycles. The molecule has 11 heteroatoms. The number of carboxylic acids is 2. The first-order valence-corrected chi connectivity index (χ1v) is 10.1. The molecule has 0 radical (unpaired) electrons. The molecule has 0 aliphatic carbocycles. The lowest BCUT2D eigenvalue weighted by molar-refractivity contribution is -0.274. The smallest absolute Gasteiger partial charge is 0.489 e. The van der Waals surface area contributed by atoms with Crippen LogP contribution >= 0.6 is 11.3 Å². The first kappa shape index (κ1) is 23.9. The van der Waals surface area contributed by atoms with Crippen LogP contribution < -0.4 is 14.2 Å². The standard InChI is InChI=1S/C22H17F3O7S/c1-12-18(31-11-17(26)27)20(21(28)29)33-19(12)14-5-3-6-15(9-14)30-10-13-4-2-7-16(8-13)32-22(23,24)25/h2-9H,10-11H2,1H3,(H,26,27)(H,28,29). The van der Waals surface area contributed by atoms with Crippen molar-refractivity contribution in [1.82, 2.24) is 0 Å². The van der Waals surface area contributed by atoms with Crippen molar-refractivity contribution in [2.24, 2.45) is 0 Å². The minimum absolute atomic E-state index is 0.0160. The molecule has 2 N–H and O–H groups in total. The highest BCUT2D eigenvalue weighted by Gasteiger charge is 2.31. The number of thiophene rings is 1. The molecule has 3 rings (SSSR count). The van der Waals surface area contributed by atoms with E-state index in [2.05, 4.69) is 4.74 Å². The van der Waals surface area contributed by atoms with Crippen LogP contribution in [-0.4, -0.2) is 35.1 Å². The monoisotopic (exact) mass is 482 g/mol. The third-order valence-electron chi connectivity index (χ3n) is 4.26. The van der Waals surface area contributed by atoms with Crippen molar-refractivity contribution in [2.45, 2.75) is 19.9 Å². The van der Waals surface area contributed by atoms with Crippen molar-refractivity contribution < 1.29 is 47.2 Å². The Labute approximate surface area is 189 Å². The zero-order valence-electron chi connectivity index (χ0n) is 17.0. The van der Waals surface area contributed by atoms with Crippen LogP contribution in [0.4, 0.5) is 13.2 Å². The SMILES string of the molecule is Cc1c(-c2cccc(OCc3cccc(OC(F)(F)F)c3)c2)sc(C(=O)O)c1OCC(=O)O. The fourth-order valence-corrected chi connectivity index (χ4v) is 4.04. The van der Waals surface area contributed by atoms with Crippen LogP contribution in [0.3, 0.4) is 0 Å². The molecule has 1 aromatic heterocycles. The average Bonchev–Trinajstić information content (AvgIpc) is 3.06. The molecule has 0 fully saturated rings. The Morgan fingerprint density at radius 2 is 1.70 bits per heavy atom. The summed E-state index contributed by atoms with van der Waals surface area (Å²) in [5, 5.41) is 18.3. The maximum Gasteiger partial charge on any atom is 0.573 e. The highest BCUT2D eigenvalue weighted by atomic mass is 32.1. The highest BCUT2D eigenvalue weighted by molar-refractivity contribution is 7.18. The van der Waals surface area contributed by atoms with Crippen molar-refractivity contribution in [2.75, 3.05) is 6.61 Å². The molecular weight excluding hydrogens is 465 g/mol. The molecule has 1 heterocycles. The van der Waals surface area contributed by atoms with Gasteiger partial charge in [0.1, 0.15) is 23.9 Å². The summed E-state index contributed by atoms with van der Waals surface area (Å²) in [5.41, 5.74) is 1.52. The Morgan fingerprint density at radius 3 is 2.36 bits per heavy atom. The maximum atomic E-state index is 12.4. The second kappa shape index (κ2) is 9.82. The summed E-state index contributed by atoms with van der Waals surface area (Å²) >= 11 is 0.933. The van der Waals surface area contributed by atoms with Gasteiger partial charge in [-0.3, -0.25) is 0 Å². The van der Waals surface area contributed by atoms with E-state index in [1.165, 1.54) is 18.2 Å². The van der Waals surface area contributed by atoms with Crippen LogP contribution in [0, 0.1) is 6.92 Å². The van der Waals surface area contributed by atoms with Gasteiger partial charge in [-0.1, -0.05) is 24.3 Å². The molecule has 0 aliphatic rings. The molecule has 0 amide bonds. The van der Waals surface area contributed by atoms with Crippen LogP contribution in [0.25, 0.3) is 10.4 Å². The van der Waals surface area contributed by atoms with Crippen molar-refractivity contribution in [3.05, 3.63) is 64.5 Å². The van der Waals surface area contributed by atoms with Crippen molar-refractivity contribution in [3.63, 3.8) is 0 Å². The van der Waals surface area contributed by atoms with Crippen molar-refractivity contribution in [1.29, 1.82) is 0 Å². The molecule has 0 unspecified atom stereocenters. The predicted octanol–water partition coefficient (Wildman–Crippen LogP) is 5.36. The average molecular weight is 482 g/mol. The summed E-state index contributed by atoms with van der Waals surface area (Å²) in [7, 11) is 0. The minimum Gasteiger partial charge on any atom is -0.489 e. The van der Waals surface area contributed by atoms with Crippen molar-refractivity contribution in [3.8, 4) is 27.7 Å². The number of alkyl halides is 3. The summed E-state index contributed by atoms with van der Waals surface area (Å²) in [6, 6.07) is 12.1. The van der Waals surface area contributed by atoms with Gasteiger partial charge in [-0.15, -0.1) is 24.5 Å². The Balaban J connectivity index is 1.80. The zero-order valence-corrected chi connectivity index (χ0v) is 17.8. The van der Waals surface area contributed by atoms with Crippen LogP contribution in [0.1, 0.15) is 20.8 Å². The lowest BCUT2D eigenvalue weighted by Gasteiger charge is -2.11. The van der Waals surface area contributed by atoms with Gasteiger partial charge in [-0.05, 0) is 42.3 Å². The van der Waals surface area contributed by atoms with Gasteiger partial charge in [0, 0.05) is 10.4 Å². The van der Waals surface area contributed by atoms with E-state index in [4.69, 9.17) is 14.6 Å². The van der Waals surface area contributed by atoms with Gasteiger partial charge in [0.25, 0.3) is 0 Å². The number of benzene rings is 2. The largest absolute Gasteiger partial charge is 0.573 e. The van der Waals surface area contributed by atoms with E-state index in [0.717, 1.165) is 11.3 Å². The zero-order chi connectivity index (χ0) is 24.2. The molecule has 0 bridgehead atoms. The summed E-state index contributed by atoms with van der Waals surface area (Å²) in [4.78, 5) is 22.8. The van der Waals surface area contributed by atoms with E-state index in [1.807, 2.05) is 0 Å². The van der Waals surface area contributed by atoms with Gasteiger partial charge in [-0.2, -0.15) is 0 Å². The van der Waals surface area contributed by atoms with Crippen LogP contribution in [0.5, 0.6) is 17.2 Å². The number of halogens is 3. The van der Waals surface area contributed by atoms with Crippen molar-refractivity contribution >= 4 is 23.3 Å². The molecule has 33 heavy (non-hydrogen) atoms. The quantitative estimate of drug-likeness (QED) is 0.423. The van der Waals surface area contributed by atoms with Crippen LogP contribution in [0.2, 0.25) is 0 Å². The summed E-state index contributed by atoms with van der Waals surface area (Å²) in [6.07, 6.45) is -4.80. The molecule has 0 saturated heterocycles. The molecule has 2 aromatic carbocycles. The predicted molar refractivity (Wildman–Crippen MR) is 112 cm³/mol. The van der Waals surface area contributed by atoms with Gasteiger partial charge in [0.2, 0.25) is 0 Å². The number of carboxylic acid groups (broad SMARTS) is 2. The molecule has 7 nitrogen and oxygen atoms in total. The topological polar surface area (TPSA) is 102 Å². The van der Waals surface area contributed by atoms with E-state index in [9.17, 15) is 27.9 Å². The van der Waals surface area contributed by atoms with Gasteiger partial charge >= 0.3 is 18.3 Å². The Kier molecular flexibility index (Phi) is 7.12. The lowest BCUT2D eigenvalue weighted by atomic mass is 10.1. The van der Waals surface area contributed by atoms with E-state index in [0.29, 0.717) is 27.3 Å². The first-order valence-electron chi connectivity index (χ1n) is 9.32. The Morgan fingerprint density at radius 1 is 1.00 bits per heavy atom. The van der Waals surface area contributed by atoms with E-state index < -0.39 is 24.9 Å². The number of aromatic carboxylic acids is 1. The molecular formula is C22H17F3O7S. The number of hydrogen-bond donors (Lipinski definition) is 2. The number of carbonyl (C=O) groups is 2. The fraction of sp³-hybridized carbons (Fsp3) is 0.182. The maximum absolute atomic E-state index is 12.4. The molecule has 3 aromatic rings.